The van der Waals surface area contributed by atoms with E-state index in [1.54, 1.807) is 12.1 Å². The standard InChI is InChI=1S/C12H12ClN5O4S/c13-11-10(18(19)20)12(17-7-16-11)15-6-5-8-1-3-9(4-2-8)23(14,21)22/h1-4,7H,5-6H2,(H2,14,21,22)(H,15,16,17). The number of halogens is 1. The van der Waals surface area contributed by atoms with E-state index in [2.05, 4.69) is 15.3 Å². The lowest BCUT2D eigenvalue weighted by Gasteiger charge is -2.07. The molecule has 0 aliphatic heterocycles. The number of rotatable bonds is 6. The van der Waals surface area contributed by atoms with Crippen molar-refractivity contribution in [3.8, 4) is 0 Å². The molecule has 0 aliphatic rings. The van der Waals surface area contributed by atoms with Crippen LogP contribution in [-0.2, 0) is 16.4 Å². The van der Waals surface area contributed by atoms with E-state index in [0.29, 0.717) is 13.0 Å². The minimum atomic E-state index is -3.73. The summed E-state index contributed by atoms with van der Waals surface area (Å²) in [6.07, 6.45) is 1.61. The summed E-state index contributed by atoms with van der Waals surface area (Å²) in [5.74, 6) is 0.0242. The van der Waals surface area contributed by atoms with Crippen LogP contribution in [0.4, 0.5) is 11.5 Å². The van der Waals surface area contributed by atoms with E-state index in [1.807, 2.05) is 0 Å². The number of aromatic nitrogens is 2. The van der Waals surface area contributed by atoms with Crippen LogP contribution < -0.4 is 10.5 Å². The van der Waals surface area contributed by atoms with E-state index in [0.717, 1.165) is 11.9 Å². The highest BCUT2D eigenvalue weighted by Crippen LogP contribution is 2.28. The topological polar surface area (TPSA) is 141 Å². The first-order valence-corrected chi connectivity index (χ1v) is 8.22. The van der Waals surface area contributed by atoms with Crippen LogP contribution in [0.3, 0.4) is 0 Å². The van der Waals surface area contributed by atoms with Gasteiger partial charge in [0.25, 0.3) is 0 Å². The molecule has 0 radical (unpaired) electrons. The van der Waals surface area contributed by atoms with Gasteiger partial charge in [-0.3, -0.25) is 10.1 Å². The first-order valence-electron chi connectivity index (χ1n) is 6.29. The second-order valence-corrected chi connectivity index (χ2v) is 6.40. The summed E-state index contributed by atoms with van der Waals surface area (Å²) in [6.45, 7) is 0.336. The Morgan fingerprint density at radius 1 is 1.26 bits per heavy atom. The molecule has 1 aromatic heterocycles. The number of primary sulfonamides is 1. The number of nitro groups is 1. The van der Waals surface area contributed by atoms with Gasteiger partial charge in [0.05, 0.1) is 9.82 Å². The van der Waals surface area contributed by atoms with Crippen molar-refractivity contribution in [2.24, 2.45) is 5.14 Å². The van der Waals surface area contributed by atoms with Crippen LogP contribution in [0.25, 0.3) is 0 Å². The Hall–Kier alpha value is -2.30. The van der Waals surface area contributed by atoms with Crippen molar-refractivity contribution < 1.29 is 13.3 Å². The SMILES string of the molecule is NS(=O)(=O)c1ccc(CCNc2ncnc(Cl)c2[N+](=O)[O-])cc1. The molecule has 0 bridgehead atoms. The fourth-order valence-electron chi connectivity index (χ4n) is 1.82. The van der Waals surface area contributed by atoms with E-state index >= 15 is 0 Å². The fraction of sp³-hybridized carbons (Fsp3) is 0.167. The number of nitrogens with one attached hydrogen (secondary N) is 1. The van der Waals surface area contributed by atoms with Crippen LogP contribution >= 0.6 is 11.6 Å². The third-order valence-electron chi connectivity index (χ3n) is 2.92. The van der Waals surface area contributed by atoms with Crippen molar-refractivity contribution >= 4 is 33.1 Å². The van der Waals surface area contributed by atoms with Gasteiger partial charge in [-0.15, -0.1) is 0 Å². The van der Waals surface area contributed by atoms with Gasteiger partial charge in [0, 0.05) is 6.54 Å². The van der Waals surface area contributed by atoms with Gasteiger partial charge in [-0.1, -0.05) is 23.7 Å². The largest absolute Gasteiger partial charge is 0.364 e. The van der Waals surface area contributed by atoms with Crippen molar-refractivity contribution in [3.05, 3.63) is 51.4 Å². The average Bonchev–Trinajstić information content (AvgIpc) is 2.46. The molecule has 2 rings (SSSR count). The number of nitrogens with two attached hydrogens (primary N) is 1. The average molecular weight is 358 g/mol. The molecule has 0 spiro atoms. The molecule has 0 saturated heterocycles. The molecule has 2 aromatic rings. The highest BCUT2D eigenvalue weighted by Gasteiger charge is 2.20. The summed E-state index contributed by atoms with van der Waals surface area (Å²) in [4.78, 5) is 17.7. The minimum absolute atomic E-state index is 0.0208. The van der Waals surface area contributed by atoms with Crippen molar-refractivity contribution in [2.45, 2.75) is 11.3 Å². The van der Waals surface area contributed by atoms with Gasteiger partial charge in [-0.2, -0.15) is 0 Å². The summed E-state index contributed by atoms with van der Waals surface area (Å²) in [5.41, 5.74) is 0.437. The van der Waals surface area contributed by atoms with Crippen LogP contribution in [-0.4, -0.2) is 29.9 Å². The Kier molecular flexibility index (Phi) is 5.08. The van der Waals surface area contributed by atoms with E-state index in [4.69, 9.17) is 16.7 Å². The summed E-state index contributed by atoms with van der Waals surface area (Å²) in [5, 5.41) is 18.5. The van der Waals surface area contributed by atoms with E-state index in [1.165, 1.54) is 12.1 Å². The smallest absolute Gasteiger partial charge is 0.348 e. The highest BCUT2D eigenvalue weighted by atomic mass is 35.5. The van der Waals surface area contributed by atoms with Gasteiger partial charge in [0.1, 0.15) is 6.33 Å². The maximum absolute atomic E-state index is 11.2. The Bertz CT molecular complexity index is 826. The van der Waals surface area contributed by atoms with Crippen LogP contribution in [0, 0.1) is 10.1 Å². The number of hydrogen-bond acceptors (Lipinski definition) is 7. The number of sulfonamides is 1. The monoisotopic (exact) mass is 357 g/mol. The van der Waals surface area contributed by atoms with Crippen molar-refractivity contribution in [1.82, 2.24) is 9.97 Å². The Morgan fingerprint density at radius 2 is 1.91 bits per heavy atom. The van der Waals surface area contributed by atoms with E-state index in [-0.39, 0.29) is 15.9 Å². The molecule has 0 saturated carbocycles. The lowest BCUT2D eigenvalue weighted by molar-refractivity contribution is -0.384. The molecule has 9 nitrogen and oxygen atoms in total. The lowest BCUT2D eigenvalue weighted by Crippen LogP contribution is -2.12. The second kappa shape index (κ2) is 6.86. The van der Waals surface area contributed by atoms with Gasteiger partial charge in [0.15, 0.2) is 0 Å². The summed E-state index contributed by atoms with van der Waals surface area (Å²) in [7, 11) is -3.73. The maximum Gasteiger partial charge on any atom is 0.348 e. The van der Waals surface area contributed by atoms with Gasteiger partial charge in [0.2, 0.25) is 21.0 Å². The number of anilines is 1. The highest BCUT2D eigenvalue weighted by molar-refractivity contribution is 7.89. The van der Waals surface area contributed by atoms with Crippen LogP contribution in [0.15, 0.2) is 35.5 Å². The summed E-state index contributed by atoms with van der Waals surface area (Å²) < 4.78 is 22.3. The predicted molar refractivity (Wildman–Crippen MR) is 83.7 cm³/mol. The summed E-state index contributed by atoms with van der Waals surface area (Å²) >= 11 is 5.68. The van der Waals surface area contributed by atoms with Gasteiger partial charge in [-0.25, -0.2) is 23.5 Å². The lowest BCUT2D eigenvalue weighted by atomic mass is 10.1. The third-order valence-corrected chi connectivity index (χ3v) is 4.12. The molecule has 23 heavy (non-hydrogen) atoms. The molecular weight excluding hydrogens is 346 g/mol. The summed E-state index contributed by atoms with van der Waals surface area (Å²) in [6, 6.07) is 6.02. The minimum Gasteiger partial charge on any atom is -0.364 e. The van der Waals surface area contributed by atoms with Crippen LogP contribution in [0.1, 0.15) is 5.56 Å². The fourth-order valence-corrected chi connectivity index (χ4v) is 2.54. The molecule has 1 heterocycles. The molecule has 0 amide bonds. The van der Waals surface area contributed by atoms with Gasteiger partial charge >= 0.3 is 5.69 Å². The van der Waals surface area contributed by atoms with Crippen molar-refractivity contribution in [1.29, 1.82) is 0 Å². The zero-order valence-corrected chi connectivity index (χ0v) is 13.2. The maximum atomic E-state index is 11.2. The Labute approximate surface area is 136 Å². The molecule has 122 valence electrons. The number of benzene rings is 1. The molecule has 11 heteroatoms. The number of hydrogen-bond donors (Lipinski definition) is 2. The zero-order chi connectivity index (χ0) is 17.0. The van der Waals surface area contributed by atoms with Gasteiger partial charge in [-0.05, 0) is 24.1 Å². The molecule has 0 aliphatic carbocycles. The Morgan fingerprint density at radius 3 is 2.48 bits per heavy atom. The first kappa shape index (κ1) is 17.1. The molecule has 0 fully saturated rings. The van der Waals surface area contributed by atoms with Crippen LogP contribution in [0.2, 0.25) is 5.15 Å². The van der Waals surface area contributed by atoms with Crippen molar-refractivity contribution in [2.75, 3.05) is 11.9 Å². The molecule has 3 N–H and O–H groups in total. The van der Waals surface area contributed by atoms with Crippen LogP contribution in [0.5, 0.6) is 0 Å². The molecule has 0 atom stereocenters. The number of nitrogens with zero attached hydrogens (tertiary/aromatic N) is 3. The Balaban J connectivity index is 2.03. The second-order valence-electron chi connectivity index (χ2n) is 4.48. The van der Waals surface area contributed by atoms with E-state index in [9.17, 15) is 18.5 Å². The predicted octanol–water partition coefficient (Wildman–Crippen LogP) is 1.34. The van der Waals surface area contributed by atoms with Crippen molar-refractivity contribution in [3.63, 3.8) is 0 Å². The third kappa shape index (κ3) is 4.34. The normalized spacial score (nSPS) is 11.2. The molecular formula is C12H12ClN5O4S. The van der Waals surface area contributed by atoms with Gasteiger partial charge < -0.3 is 5.32 Å². The molecule has 0 unspecified atom stereocenters. The molecule has 1 aromatic carbocycles. The zero-order valence-electron chi connectivity index (χ0n) is 11.6. The van der Waals surface area contributed by atoms with E-state index < -0.39 is 20.6 Å². The quantitative estimate of drug-likeness (QED) is 0.451. The first-order chi connectivity index (χ1) is 10.8.